The van der Waals surface area contributed by atoms with Crippen molar-refractivity contribution in [3.63, 3.8) is 0 Å². The van der Waals surface area contributed by atoms with E-state index in [1.165, 1.54) is 12.3 Å². The standard InChI is InChI=1S/C18H17N3O3/c22-16-6-5-13(11-19-16)18(23)21-9-7-12(8-10-21)17-20-14-3-1-2-4-15(14)24-17/h1-6,11-12H,7-10H2,(H,19,22). The zero-order chi connectivity index (χ0) is 16.5. The van der Waals surface area contributed by atoms with E-state index >= 15 is 0 Å². The number of fused-ring (bicyclic) bond motifs is 1. The third kappa shape index (κ3) is 2.71. The third-order valence-corrected chi connectivity index (χ3v) is 4.47. The van der Waals surface area contributed by atoms with E-state index in [9.17, 15) is 9.59 Å². The van der Waals surface area contributed by atoms with Gasteiger partial charge in [-0.3, -0.25) is 9.59 Å². The molecule has 1 fully saturated rings. The van der Waals surface area contributed by atoms with Gasteiger partial charge in [-0.05, 0) is 31.0 Å². The number of piperidine rings is 1. The monoisotopic (exact) mass is 323 g/mol. The van der Waals surface area contributed by atoms with E-state index in [2.05, 4.69) is 9.97 Å². The average Bonchev–Trinajstić information content (AvgIpc) is 3.06. The van der Waals surface area contributed by atoms with Gasteiger partial charge in [-0.1, -0.05) is 12.1 Å². The lowest BCUT2D eigenvalue weighted by atomic mass is 9.96. The first-order chi connectivity index (χ1) is 11.7. The number of H-pyrrole nitrogens is 1. The summed E-state index contributed by atoms with van der Waals surface area (Å²) in [6.07, 6.45) is 3.11. The van der Waals surface area contributed by atoms with Crippen molar-refractivity contribution < 1.29 is 9.21 Å². The van der Waals surface area contributed by atoms with Crippen LogP contribution in [0.2, 0.25) is 0 Å². The summed E-state index contributed by atoms with van der Waals surface area (Å²) < 4.78 is 5.85. The Hall–Kier alpha value is -2.89. The summed E-state index contributed by atoms with van der Waals surface area (Å²) in [5, 5.41) is 0. The van der Waals surface area contributed by atoms with E-state index in [0.29, 0.717) is 18.7 Å². The number of pyridine rings is 1. The van der Waals surface area contributed by atoms with Crippen LogP contribution in [-0.4, -0.2) is 33.9 Å². The number of aromatic amines is 1. The molecule has 0 unspecified atom stereocenters. The van der Waals surface area contributed by atoms with Gasteiger partial charge in [0.05, 0.1) is 5.56 Å². The number of nitrogens with one attached hydrogen (secondary N) is 1. The quantitative estimate of drug-likeness (QED) is 0.786. The number of benzene rings is 1. The molecule has 0 aliphatic carbocycles. The lowest BCUT2D eigenvalue weighted by Crippen LogP contribution is -2.38. The number of oxazole rings is 1. The highest BCUT2D eigenvalue weighted by molar-refractivity contribution is 5.93. The maximum absolute atomic E-state index is 12.5. The minimum absolute atomic E-state index is 0.0535. The van der Waals surface area contributed by atoms with Crippen molar-refractivity contribution in [2.45, 2.75) is 18.8 Å². The summed E-state index contributed by atoms with van der Waals surface area (Å²) in [7, 11) is 0. The molecular formula is C18H17N3O3. The van der Waals surface area contributed by atoms with Crippen molar-refractivity contribution >= 4 is 17.0 Å². The Labute approximate surface area is 138 Å². The Morgan fingerprint density at radius 1 is 1.17 bits per heavy atom. The van der Waals surface area contributed by atoms with Gasteiger partial charge in [0.15, 0.2) is 11.5 Å². The van der Waals surface area contributed by atoms with Gasteiger partial charge >= 0.3 is 0 Å². The van der Waals surface area contributed by atoms with E-state index in [1.54, 1.807) is 6.07 Å². The molecule has 0 spiro atoms. The molecule has 0 saturated carbocycles. The number of rotatable bonds is 2. The van der Waals surface area contributed by atoms with Gasteiger partial charge < -0.3 is 14.3 Å². The second-order valence-corrected chi connectivity index (χ2v) is 6.03. The van der Waals surface area contributed by atoms with Crippen LogP contribution in [0.1, 0.15) is 35.0 Å². The SMILES string of the molecule is O=C(c1ccc(=O)[nH]c1)N1CCC(c2nc3ccccc3o2)CC1. The Morgan fingerprint density at radius 3 is 2.67 bits per heavy atom. The van der Waals surface area contributed by atoms with E-state index in [0.717, 1.165) is 29.8 Å². The van der Waals surface area contributed by atoms with Crippen molar-refractivity contribution in [2.24, 2.45) is 0 Å². The molecule has 4 rings (SSSR count). The predicted octanol–water partition coefficient (Wildman–Crippen LogP) is 2.54. The smallest absolute Gasteiger partial charge is 0.255 e. The molecule has 0 atom stereocenters. The number of hydrogen-bond acceptors (Lipinski definition) is 4. The van der Waals surface area contributed by atoms with Crippen LogP contribution >= 0.6 is 0 Å². The van der Waals surface area contributed by atoms with Crippen LogP contribution in [0.25, 0.3) is 11.1 Å². The van der Waals surface area contributed by atoms with Gasteiger partial charge in [-0.15, -0.1) is 0 Å². The van der Waals surface area contributed by atoms with Crippen LogP contribution in [0.15, 0.2) is 51.8 Å². The van der Waals surface area contributed by atoms with Crippen LogP contribution < -0.4 is 5.56 Å². The fraction of sp³-hybridized carbons (Fsp3) is 0.278. The first kappa shape index (κ1) is 14.7. The maximum atomic E-state index is 12.5. The molecule has 3 aromatic rings. The van der Waals surface area contributed by atoms with E-state index < -0.39 is 0 Å². The minimum Gasteiger partial charge on any atom is -0.440 e. The molecule has 1 aliphatic heterocycles. The summed E-state index contributed by atoms with van der Waals surface area (Å²) >= 11 is 0. The van der Waals surface area contributed by atoms with Crippen molar-refractivity contribution in [3.8, 4) is 0 Å². The van der Waals surface area contributed by atoms with E-state index in [-0.39, 0.29) is 17.4 Å². The van der Waals surface area contributed by atoms with Crippen molar-refractivity contribution in [1.29, 1.82) is 0 Å². The number of amides is 1. The maximum Gasteiger partial charge on any atom is 0.255 e. The average molecular weight is 323 g/mol. The minimum atomic E-state index is -0.207. The lowest BCUT2D eigenvalue weighted by Gasteiger charge is -2.30. The molecular weight excluding hydrogens is 306 g/mol. The Balaban J connectivity index is 1.45. The number of carbonyl (C=O) groups excluding carboxylic acids is 1. The third-order valence-electron chi connectivity index (χ3n) is 4.47. The van der Waals surface area contributed by atoms with Crippen LogP contribution in [0.5, 0.6) is 0 Å². The molecule has 1 amide bonds. The largest absolute Gasteiger partial charge is 0.440 e. The molecule has 122 valence electrons. The van der Waals surface area contributed by atoms with Crippen molar-refractivity contribution in [2.75, 3.05) is 13.1 Å². The fourth-order valence-electron chi connectivity index (χ4n) is 3.12. The summed E-state index contributed by atoms with van der Waals surface area (Å²) in [4.78, 5) is 32.5. The summed E-state index contributed by atoms with van der Waals surface area (Å²) in [6, 6.07) is 10.7. The van der Waals surface area contributed by atoms with Crippen molar-refractivity contribution in [3.05, 3.63) is 64.4 Å². The molecule has 1 aliphatic rings. The van der Waals surface area contributed by atoms with E-state index in [4.69, 9.17) is 4.42 Å². The zero-order valence-corrected chi connectivity index (χ0v) is 13.1. The number of aromatic nitrogens is 2. The number of likely N-dealkylation sites (tertiary alicyclic amines) is 1. The summed E-state index contributed by atoms with van der Waals surface area (Å²) in [6.45, 7) is 1.31. The fourth-order valence-corrected chi connectivity index (χ4v) is 3.12. The molecule has 1 aromatic carbocycles. The molecule has 6 nitrogen and oxygen atoms in total. The highest BCUT2D eigenvalue weighted by Gasteiger charge is 2.27. The second kappa shape index (κ2) is 5.96. The Kier molecular flexibility index (Phi) is 3.65. The van der Waals surface area contributed by atoms with Gasteiger partial charge in [-0.2, -0.15) is 0 Å². The van der Waals surface area contributed by atoms with Crippen LogP contribution in [0, 0.1) is 0 Å². The van der Waals surface area contributed by atoms with Gasteiger partial charge in [-0.25, -0.2) is 4.98 Å². The molecule has 1 N–H and O–H groups in total. The zero-order valence-electron chi connectivity index (χ0n) is 13.1. The highest BCUT2D eigenvalue weighted by Crippen LogP contribution is 2.30. The molecule has 1 saturated heterocycles. The predicted molar refractivity (Wildman–Crippen MR) is 89.0 cm³/mol. The van der Waals surface area contributed by atoms with Crippen LogP contribution in [-0.2, 0) is 0 Å². The topological polar surface area (TPSA) is 79.2 Å². The summed E-state index contributed by atoms with van der Waals surface area (Å²) in [5.41, 5.74) is 1.98. The van der Waals surface area contributed by atoms with Gasteiger partial charge in [0.25, 0.3) is 5.91 Å². The molecule has 6 heteroatoms. The number of para-hydroxylation sites is 2. The summed E-state index contributed by atoms with van der Waals surface area (Å²) in [5.74, 6) is 0.937. The van der Waals surface area contributed by atoms with Gasteiger partial charge in [0.1, 0.15) is 5.52 Å². The number of hydrogen-bond donors (Lipinski definition) is 1. The molecule has 0 bridgehead atoms. The van der Waals surface area contributed by atoms with Crippen LogP contribution in [0.4, 0.5) is 0 Å². The van der Waals surface area contributed by atoms with Gasteiger partial charge in [0.2, 0.25) is 5.56 Å². The second-order valence-electron chi connectivity index (χ2n) is 6.03. The van der Waals surface area contributed by atoms with E-state index in [1.807, 2.05) is 29.2 Å². The molecule has 0 radical (unpaired) electrons. The van der Waals surface area contributed by atoms with Crippen molar-refractivity contribution in [1.82, 2.24) is 14.9 Å². The van der Waals surface area contributed by atoms with Gasteiger partial charge in [0, 0.05) is 31.3 Å². The first-order valence-corrected chi connectivity index (χ1v) is 8.04. The molecule has 3 heterocycles. The normalized spacial score (nSPS) is 15.8. The highest BCUT2D eigenvalue weighted by atomic mass is 16.3. The Morgan fingerprint density at radius 2 is 1.96 bits per heavy atom. The number of nitrogens with zero attached hydrogens (tertiary/aromatic N) is 2. The first-order valence-electron chi connectivity index (χ1n) is 8.04. The molecule has 24 heavy (non-hydrogen) atoms. The lowest BCUT2D eigenvalue weighted by molar-refractivity contribution is 0.0706. The Bertz CT molecular complexity index is 882. The van der Waals surface area contributed by atoms with Crippen LogP contribution in [0.3, 0.4) is 0 Å². The number of carbonyl (C=O) groups is 1. The molecule has 2 aromatic heterocycles.